The number of benzene rings is 1. The van der Waals surface area contributed by atoms with Gasteiger partial charge in [-0.1, -0.05) is 29.8 Å². The van der Waals surface area contributed by atoms with Crippen LogP contribution in [0.25, 0.3) is 0 Å². The van der Waals surface area contributed by atoms with E-state index in [1.807, 2.05) is 29.2 Å². The van der Waals surface area contributed by atoms with Gasteiger partial charge in [0, 0.05) is 31.1 Å². The summed E-state index contributed by atoms with van der Waals surface area (Å²) >= 11 is 6.04. The van der Waals surface area contributed by atoms with E-state index in [0.29, 0.717) is 11.4 Å². The maximum Gasteiger partial charge on any atom is 0.223 e. The summed E-state index contributed by atoms with van der Waals surface area (Å²) in [6, 6.07) is 7.82. The van der Waals surface area contributed by atoms with Crippen LogP contribution in [0, 0.1) is 0 Å². The van der Waals surface area contributed by atoms with Crippen molar-refractivity contribution in [3.05, 3.63) is 47.5 Å². The van der Waals surface area contributed by atoms with E-state index in [2.05, 4.69) is 11.9 Å². The Labute approximate surface area is 143 Å². The smallest absolute Gasteiger partial charge is 0.223 e. The first-order valence-corrected chi connectivity index (χ1v) is 6.96. The molecular formula is C15H21Cl3N2O. The number of hydrogen-bond donors (Lipinski definition) is 1. The minimum atomic E-state index is 0. The van der Waals surface area contributed by atoms with Crippen molar-refractivity contribution >= 4 is 42.3 Å². The van der Waals surface area contributed by atoms with Crippen molar-refractivity contribution in [3.63, 3.8) is 0 Å². The highest BCUT2D eigenvalue weighted by Gasteiger charge is 2.27. The van der Waals surface area contributed by atoms with Crippen LogP contribution in [0.5, 0.6) is 0 Å². The molecule has 3 nitrogen and oxygen atoms in total. The van der Waals surface area contributed by atoms with Crippen molar-refractivity contribution in [2.45, 2.75) is 18.9 Å². The van der Waals surface area contributed by atoms with Crippen LogP contribution in [0.4, 0.5) is 0 Å². The third-order valence-corrected chi connectivity index (χ3v) is 3.59. The molecule has 0 saturated carbocycles. The monoisotopic (exact) mass is 350 g/mol. The Bertz CT molecular complexity index is 468. The highest BCUT2D eigenvalue weighted by molar-refractivity contribution is 6.30. The molecule has 1 unspecified atom stereocenters. The molecule has 1 heterocycles. The second-order valence-electron chi connectivity index (χ2n) is 4.69. The van der Waals surface area contributed by atoms with Crippen molar-refractivity contribution in [2.75, 3.05) is 19.6 Å². The van der Waals surface area contributed by atoms with Crippen molar-refractivity contribution in [1.82, 2.24) is 10.2 Å². The Kier molecular flexibility index (Phi) is 9.71. The zero-order valence-corrected chi connectivity index (χ0v) is 14.1. The molecule has 1 N–H and O–H groups in total. The Hall–Kier alpha value is -0.740. The summed E-state index contributed by atoms with van der Waals surface area (Å²) in [6.45, 7) is 6.03. The zero-order valence-electron chi connectivity index (χ0n) is 11.8. The second kappa shape index (κ2) is 10.1. The zero-order chi connectivity index (χ0) is 13.7. The third kappa shape index (κ3) is 5.51. The number of amides is 1. The fourth-order valence-electron chi connectivity index (χ4n) is 2.38. The molecule has 1 aromatic carbocycles. The average Bonchev–Trinajstić information content (AvgIpc) is 2.45. The standard InChI is InChI=1S/C15H19ClN2O.2ClH/c1-2-3-7-15(19)18-9-8-17-11-14(18)12-5-4-6-13(16)10-12;;/h2,4-6,10,14,17H,1,3,7-9,11H2;2*1H. The van der Waals surface area contributed by atoms with E-state index in [0.717, 1.165) is 31.6 Å². The molecule has 21 heavy (non-hydrogen) atoms. The molecule has 6 heteroatoms. The van der Waals surface area contributed by atoms with Gasteiger partial charge in [0.05, 0.1) is 6.04 Å². The summed E-state index contributed by atoms with van der Waals surface area (Å²) in [4.78, 5) is 14.2. The Balaban J connectivity index is 0.00000200. The molecule has 1 fully saturated rings. The normalized spacial score (nSPS) is 17.4. The molecule has 0 radical (unpaired) electrons. The number of carbonyl (C=O) groups is 1. The van der Waals surface area contributed by atoms with Gasteiger partial charge in [0.25, 0.3) is 0 Å². The van der Waals surface area contributed by atoms with Gasteiger partial charge in [0.2, 0.25) is 5.91 Å². The summed E-state index contributed by atoms with van der Waals surface area (Å²) in [7, 11) is 0. The quantitative estimate of drug-likeness (QED) is 0.840. The van der Waals surface area contributed by atoms with E-state index in [1.165, 1.54) is 0 Å². The van der Waals surface area contributed by atoms with Gasteiger partial charge < -0.3 is 10.2 Å². The van der Waals surface area contributed by atoms with Gasteiger partial charge in [0.15, 0.2) is 0 Å². The summed E-state index contributed by atoms with van der Waals surface area (Å²) in [5.41, 5.74) is 1.09. The van der Waals surface area contributed by atoms with Gasteiger partial charge in [-0.05, 0) is 24.1 Å². The summed E-state index contributed by atoms with van der Waals surface area (Å²) in [6.07, 6.45) is 3.04. The molecular weight excluding hydrogens is 331 g/mol. The van der Waals surface area contributed by atoms with Gasteiger partial charge in [0.1, 0.15) is 0 Å². The molecule has 1 saturated heterocycles. The molecule has 1 aromatic rings. The maximum absolute atomic E-state index is 12.2. The molecule has 1 aliphatic heterocycles. The van der Waals surface area contributed by atoms with Crippen molar-refractivity contribution in [3.8, 4) is 0 Å². The van der Waals surface area contributed by atoms with Crippen LogP contribution in [0.2, 0.25) is 5.02 Å². The number of rotatable bonds is 4. The van der Waals surface area contributed by atoms with E-state index >= 15 is 0 Å². The highest BCUT2D eigenvalue weighted by atomic mass is 35.5. The third-order valence-electron chi connectivity index (χ3n) is 3.36. The topological polar surface area (TPSA) is 32.3 Å². The largest absolute Gasteiger partial charge is 0.333 e. The molecule has 118 valence electrons. The first-order chi connectivity index (χ1) is 9.22. The Morgan fingerprint density at radius 1 is 1.48 bits per heavy atom. The number of carbonyl (C=O) groups excluding carboxylic acids is 1. The lowest BCUT2D eigenvalue weighted by Crippen LogP contribution is -2.48. The molecule has 1 atom stereocenters. The van der Waals surface area contributed by atoms with Crippen LogP contribution in [0.3, 0.4) is 0 Å². The van der Waals surface area contributed by atoms with Gasteiger partial charge in [-0.2, -0.15) is 0 Å². The number of piperazine rings is 1. The number of halogens is 3. The van der Waals surface area contributed by atoms with Crippen LogP contribution >= 0.6 is 36.4 Å². The van der Waals surface area contributed by atoms with Gasteiger partial charge >= 0.3 is 0 Å². The number of nitrogens with zero attached hydrogens (tertiary/aromatic N) is 1. The molecule has 0 spiro atoms. The first kappa shape index (κ1) is 20.3. The lowest BCUT2D eigenvalue weighted by Gasteiger charge is -2.36. The molecule has 1 aliphatic rings. The average molecular weight is 352 g/mol. The predicted octanol–water partition coefficient (Wildman–Crippen LogP) is 3.62. The van der Waals surface area contributed by atoms with Crippen molar-refractivity contribution in [2.24, 2.45) is 0 Å². The highest BCUT2D eigenvalue weighted by Crippen LogP contribution is 2.25. The van der Waals surface area contributed by atoms with Crippen LogP contribution in [0.15, 0.2) is 36.9 Å². The SMILES string of the molecule is C=CCCC(=O)N1CCNCC1c1cccc(Cl)c1.Cl.Cl. The van der Waals surface area contributed by atoms with Crippen LogP contribution < -0.4 is 5.32 Å². The van der Waals surface area contributed by atoms with Crippen LogP contribution in [-0.4, -0.2) is 30.4 Å². The van der Waals surface area contributed by atoms with E-state index in [9.17, 15) is 4.79 Å². The Morgan fingerprint density at radius 2 is 2.24 bits per heavy atom. The van der Waals surface area contributed by atoms with Crippen LogP contribution in [-0.2, 0) is 4.79 Å². The molecule has 2 rings (SSSR count). The molecule has 0 aliphatic carbocycles. The number of nitrogens with one attached hydrogen (secondary N) is 1. The summed E-state index contributed by atoms with van der Waals surface area (Å²) in [5.74, 6) is 0.186. The minimum absolute atomic E-state index is 0. The second-order valence-corrected chi connectivity index (χ2v) is 5.13. The van der Waals surface area contributed by atoms with E-state index < -0.39 is 0 Å². The minimum Gasteiger partial charge on any atom is -0.333 e. The number of hydrogen-bond acceptors (Lipinski definition) is 2. The first-order valence-electron chi connectivity index (χ1n) is 6.59. The molecule has 0 aromatic heterocycles. The van der Waals surface area contributed by atoms with Crippen LogP contribution in [0.1, 0.15) is 24.4 Å². The van der Waals surface area contributed by atoms with E-state index in [-0.39, 0.29) is 36.8 Å². The van der Waals surface area contributed by atoms with Crippen molar-refractivity contribution < 1.29 is 4.79 Å². The van der Waals surface area contributed by atoms with E-state index in [4.69, 9.17) is 11.6 Å². The van der Waals surface area contributed by atoms with Gasteiger partial charge in [-0.3, -0.25) is 4.79 Å². The fourth-order valence-corrected chi connectivity index (χ4v) is 2.58. The fraction of sp³-hybridized carbons (Fsp3) is 0.400. The molecule has 1 amide bonds. The predicted molar refractivity (Wildman–Crippen MR) is 92.7 cm³/mol. The Morgan fingerprint density at radius 3 is 2.90 bits per heavy atom. The van der Waals surface area contributed by atoms with E-state index in [1.54, 1.807) is 6.08 Å². The lowest BCUT2D eigenvalue weighted by atomic mass is 10.0. The van der Waals surface area contributed by atoms with Gasteiger partial charge in [-0.15, -0.1) is 31.4 Å². The summed E-state index contributed by atoms with van der Waals surface area (Å²) < 4.78 is 0. The van der Waals surface area contributed by atoms with Gasteiger partial charge in [-0.25, -0.2) is 0 Å². The summed E-state index contributed by atoms with van der Waals surface area (Å²) in [5, 5.41) is 4.05. The maximum atomic E-state index is 12.2. The molecule has 0 bridgehead atoms. The number of allylic oxidation sites excluding steroid dienone is 1. The lowest BCUT2D eigenvalue weighted by molar-refractivity contribution is -0.134. The van der Waals surface area contributed by atoms with Crippen molar-refractivity contribution in [1.29, 1.82) is 0 Å².